The first-order chi connectivity index (χ1) is 8.96. The number of rotatable bonds is 8. The summed E-state index contributed by atoms with van der Waals surface area (Å²) < 4.78 is 0. The molecule has 0 aromatic heterocycles. The SMILES string of the molecule is C=CC/C=C(C)\C(C)=C(/CC)N=C(C)CC(C)CC. The van der Waals surface area contributed by atoms with E-state index in [0.29, 0.717) is 0 Å². The van der Waals surface area contributed by atoms with E-state index in [1.54, 1.807) is 0 Å². The van der Waals surface area contributed by atoms with Gasteiger partial charge in [-0.3, -0.25) is 4.99 Å². The van der Waals surface area contributed by atoms with Crippen LogP contribution in [-0.4, -0.2) is 5.71 Å². The van der Waals surface area contributed by atoms with Crippen LogP contribution in [0.25, 0.3) is 0 Å². The van der Waals surface area contributed by atoms with Gasteiger partial charge < -0.3 is 0 Å². The summed E-state index contributed by atoms with van der Waals surface area (Å²) in [6.07, 6.45) is 8.38. The second-order valence-electron chi connectivity index (χ2n) is 5.40. The fraction of sp³-hybridized carbons (Fsp3) is 0.611. The van der Waals surface area contributed by atoms with Crippen molar-refractivity contribution in [2.45, 2.75) is 67.2 Å². The Kier molecular flexibility index (Phi) is 9.20. The van der Waals surface area contributed by atoms with Crippen LogP contribution >= 0.6 is 0 Å². The number of aliphatic imine (C=N–C) groups is 1. The average molecular weight is 261 g/mol. The minimum atomic E-state index is 0.722. The first-order valence-electron chi connectivity index (χ1n) is 7.48. The van der Waals surface area contributed by atoms with Crippen molar-refractivity contribution in [2.75, 3.05) is 0 Å². The third kappa shape index (κ3) is 7.15. The van der Waals surface area contributed by atoms with Crippen LogP contribution in [0.2, 0.25) is 0 Å². The molecule has 0 amide bonds. The molecule has 1 nitrogen and oxygen atoms in total. The average Bonchev–Trinajstić information content (AvgIpc) is 2.40. The standard InChI is InChI=1S/C18H31N/c1-8-11-12-15(5)17(7)18(10-3)19-16(6)13-14(4)9-2/h8,12,14H,1,9-11,13H2,2-7H3/b15-12-,18-17+,19-16?. The highest BCUT2D eigenvalue weighted by Crippen LogP contribution is 2.20. The van der Waals surface area contributed by atoms with Crippen LogP contribution in [0.4, 0.5) is 0 Å². The molecule has 0 saturated carbocycles. The highest BCUT2D eigenvalue weighted by atomic mass is 14.8. The predicted octanol–water partition coefficient (Wildman–Crippen LogP) is 6.09. The van der Waals surface area contributed by atoms with Gasteiger partial charge in [0.1, 0.15) is 0 Å². The van der Waals surface area contributed by atoms with Crippen molar-refractivity contribution in [3.63, 3.8) is 0 Å². The molecule has 1 unspecified atom stereocenters. The fourth-order valence-electron chi connectivity index (χ4n) is 1.99. The molecule has 1 atom stereocenters. The van der Waals surface area contributed by atoms with Crippen molar-refractivity contribution in [2.24, 2.45) is 10.9 Å². The van der Waals surface area contributed by atoms with Gasteiger partial charge >= 0.3 is 0 Å². The molecular formula is C18H31N. The monoisotopic (exact) mass is 261 g/mol. The van der Waals surface area contributed by atoms with Gasteiger partial charge in [0.15, 0.2) is 0 Å². The second-order valence-corrected chi connectivity index (χ2v) is 5.40. The van der Waals surface area contributed by atoms with E-state index in [1.165, 1.54) is 29.0 Å². The lowest BCUT2D eigenvalue weighted by atomic mass is 10.0. The maximum absolute atomic E-state index is 4.84. The van der Waals surface area contributed by atoms with E-state index in [-0.39, 0.29) is 0 Å². The van der Waals surface area contributed by atoms with Crippen LogP contribution in [0.5, 0.6) is 0 Å². The smallest absolute Gasteiger partial charge is 0.0431 e. The highest BCUT2D eigenvalue weighted by Gasteiger charge is 2.05. The summed E-state index contributed by atoms with van der Waals surface area (Å²) in [7, 11) is 0. The van der Waals surface area contributed by atoms with Crippen LogP contribution in [0.1, 0.15) is 67.2 Å². The highest BCUT2D eigenvalue weighted by molar-refractivity contribution is 5.83. The molecule has 19 heavy (non-hydrogen) atoms. The van der Waals surface area contributed by atoms with Crippen molar-refractivity contribution < 1.29 is 0 Å². The number of nitrogens with zero attached hydrogens (tertiary/aromatic N) is 1. The third-order valence-electron chi connectivity index (χ3n) is 3.62. The number of allylic oxidation sites excluding steroid dienone is 5. The minimum absolute atomic E-state index is 0.722. The van der Waals surface area contributed by atoms with Gasteiger partial charge in [-0.15, -0.1) is 6.58 Å². The molecule has 0 heterocycles. The van der Waals surface area contributed by atoms with E-state index in [4.69, 9.17) is 4.99 Å². The predicted molar refractivity (Wildman–Crippen MR) is 88.7 cm³/mol. The molecule has 0 N–H and O–H groups in total. The van der Waals surface area contributed by atoms with Gasteiger partial charge in [0, 0.05) is 11.4 Å². The maximum atomic E-state index is 4.84. The largest absolute Gasteiger partial charge is 0.262 e. The lowest BCUT2D eigenvalue weighted by molar-refractivity contribution is 0.585. The Balaban J connectivity index is 5.07. The van der Waals surface area contributed by atoms with Gasteiger partial charge in [0.05, 0.1) is 0 Å². The molecular weight excluding hydrogens is 230 g/mol. The molecule has 0 spiro atoms. The lowest BCUT2D eigenvalue weighted by Crippen LogP contribution is -2.02. The van der Waals surface area contributed by atoms with Gasteiger partial charge in [-0.2, -0.15) is 0 Å². The summed E-state index contributed by atoms with van der Waals surface area (Å²) in [5.74, 6) is 0.722. The Morgan fingerprint density at radius 1 is 1.21 bits per heavy atom. The Morgan fingerprint density at radius 2 is 1.84 bits per heavy atom. The Bertz CT molecular complexity index is 369. The Morgan fingerprint density at radius 3 is 2.32 bits per heavy atom. The molecule has 0 bridgehead atoms. The molecule has 0 fully saturated rings. The molecule has 0 rings (SSSR count). The molecule has 0 aliphatic heterocycles. The molecule has 0 saturated heterocycles. The number of hydrogen-bond acceptors (Lipinski definition) is 1. The second kappa shape index (κ2) is 9.77. The van der Waals surface area contributed by atoms with Crippen molar-refractivity contribution in [3.8, 4) is 0 Å². The van der Waals surface area contributed by atoms with Crippen molar-refractivity contribution in [1.82, 2.24) is 0 Å². The van der Waals surface area contributed by atoms with E-state index >= 15 is 0 Å². The molecule has 0 radical (unpaired) electrons. The summed E-state index contributed by atoms with van der Waals surface area (Å²) in [4.78, 5) is 4.84. The molecule has 0 aromatic rings. The fourth-order valence-corrected chi connectivity index (χ4v) is 1.99. The van der Waals surface area contributed by atoms with E-state index in [2.05, 4.69) is 54.2 Å². The zero-order valence-electron chi connectivity index (χ0n) is 13.7. The lowest BCUT2D eigenvalue weighted by Gasteiger charge is -2.11. The van der Waals surface area contributed by atoms with Crippen molar-refractivity contribution >= 4 is 5.71 Å². The van der Waals surface area contributed by atoms with Gasteiger partial charge in [0.25, 0.3) is 0 Å². The van der Waals surface area contributed by atoms with E-state index in [0.717, 1.165) is 25.2 Å². The first-order valence-corrected chi connectivity index (χ1v) is 7.48. The zero-order valence-corrected chi connectivity index (χ0v) is 13.7. The third-order valence-corrected chi connectivity index (χ3v) is 3.62. The van der Waals surface area contributed by atoms with Crippen LogP contribution < -0.4 is 0 Å². The van der Waals surface area contributed by atoms with E-state index < -0.39 is 0 Å². The topological polar surface area (TPSA) is 12.4 Å². The van der Waals surface area contributed by atoms with Gasteiger partial charge in [-0.1, -0.05) is 44.9 Å². The van der Waals surface area contributed by atoms with E-state index in [1.807, 2.05) is 6.08 Å². The summed E-state index contributed by atoms with van der Waals surface area (Å²) >= 11 is 0. The van der Waals surface area contributed by atoms with Crippen LogP contribution in [0.15, 0.2) is 40.6 Å². The molecule has 1 heteroatoms. The zero-order chi connectivity index (χ0) is 14.8. The minimum Gasteiger partial charge on any atom is -0.262 e. The molecule has 0 aliphatic rings. The van der Waals surface area contributed by atoms with Gasteiger partial charge in [-0.05, 0) is 51.5 Å². The molecule has 0 aliphatic carbocycles. The van der Waals surface area contributed by atoms with Crippen LogP contribution in [-0.2, 0) is 0 Å². The van der Waals surface area contributed by atoms with Crippen molar-refractivity contribution in [1.29, 1.82) is 0 Å². The normalized spacial score (nSPS) is 16.1. The van der Waals surface area contributed by atoms with E-state index in [9.17, 15) is 0 Å². The first kappa shape index (κ1) is 17.9. The summed E-state index contributed by atoms with van der Waals surface area (Å²) in [5, 5.41) is 0. The number of hydrogen-bond donors (Lipinski definition) is 0. The molecule has 0 aromatic carbocycles. The van der Waals surface area contributed by atoms with Gasteiger partial charge in [0.2, 0.25) is 0 Å². The quantitative estimate of drug-likeness (QED) is 0.285. The summed E-state index contributed by atoms with van der Waals surface area (Å²) in [6.45, 7) is 17.0. The summed E-state index contributed by atoms with van der Waals surface area (Å²) in [6, 6.07) is 0. The van der Waals surface area contributed by atoms with Crippen molar-refractivity contribution in [3.05, 3.63) is 35.6 Å². The maximum Gasteiger partial charge on any atom is 0.0431 e. The van der Waals surface area contributed by atoms with Gasteiger partial charge in [-0.25, -0.2) is 0 Å². The molecule has 108 valence electrons. The summed E-state index contributed by atoms with van der Waals surface area (Å²) in [5.41, 5.74) is 5.10. The van der Waals surface area contributed by atoms with Crippen LogP contribution in [0, 0.1) is 5.92 Å². The Hall–Kier alpha value is -1.11. The Labute approximate surface area is 120 Å². The van der Waals surface area contributed by atoms with Crippen LogP contribution in [0.3, 0.4) is 0 Å².